The Balaban J connectivity index is 2.41. The third-order valence-electron chi connectivity index (χ3n) is 5.28. The molecule has 0 aliphatic carbocycles. The summed E-state index contributed by atoms with van der Waals surface area (Å²) in [7, 11) is -3.75. The number of rotatable bonds is 11. The molecule has 0 bridgehead atoms. The second-order valence-electron chi connectivity index (χ2n) is 7.87. The SMILES string of the molecule is CCCNC(=O)[C@@H](C)N(Cc1cccc(Cl)c1)C(=O)CN(c1ccccc1CC)S(C)(=O)=O. The van der Waals surface area contributed by atoms with Crippen LogP contribution in [0.2, 0.25) is 5.02 Å². The largest absolute Gasteiger partial charge is 0.354 e. The molecule has 2 rings (SSSR count). The molecule has 0 unspecified atom stereocenters. The molecule has 180 valence electrons. The Kier molecular flexibility index (Phi) is 9.73. The minimum Gasteiger partial charge on any atom is -0.354 e. The van der Waals surface area contributed by atoms with Gasteiger partial charge in [-0.1, -0.05) is 55.8 Å². The van der Waals surface area contributed by atoms with Gasteiger partial charge in [-0.3, -0.25) is 13.9 Å². The lowest BCUT2D eigenvalue weighted by molar-refractivity contribution is -0.139. The average Bonchev–Trinajstić information content (AvgIpc) is 2.78. The number of para-hydroxylation sites is 1. The van der Waals surface area contributed by atoms with Crippen LogP contribution in [0.25, 0.3) is 0 Å². The van der Waals surface area contributed by atoms with Crippen molar-refractivity contribution in [2.24, 2.45) is 0 Å². The van der Waals surface area contributed by atoms with Gasteiger partial charge in [0.2, 0.25) is 21.8 Å². The molecule has 7 nitrogen and oxygen atoms in total. The molecule has 0 aromatic heterocycles. The summed E-state index contributed by atoms with van der Waals surface area (Å²) in [6.45, 7) is 5.69. The number of carbonyl (C=O) groups is 2. The zero-order chi connectivity index (χ0) is 24.6. The van der Waals surface area contributed by atoms with Crippen molar-refractivity contribution in [3.8, 4) is 0 Å². The average molecular weight is 494 g/mol. The van der Waals surface area contributed by atoms with E-state index in [4.69, 9.17) is 11.6 Å². The van der Waals surface area contributed by atoms with Crippen molar-refractivity contribution in [1.82, 2.24) is 10.2 Å². The van der Waals surface area contributed by atoms with Gasteiger partial charge < -0.3 is 10.2 Å². The molecule has 2 aromatic carbocycles. The number of amides is 2. The highest BCUT2D eigenvalue weighted by Gasteiger charge is 2.30. The predicted octanol–water partition coefficient (Wildman–Crippen LogP) is 3.61. The third-order valence-corrected chi connectivity index (χ3v) is 6.64. The zero-order valence-electron chi connectivity index (χ0n) is 19.5. The Bertz CT molecular complexity index is 1070. The van der Waals surface area contributed by atoms with Gasteiger partial charge in [0, 0.05) is 18.1 Å². The van der Waals surface area contributed by atoms with Crippen LogP contribution in [-0.4, -0.2) is 50.5 Å². The second kappa shape index (κ2) is 12.0. The highest BCUT2D eigenvalue weighted by Crippen LogP contribution is 2.24. The Morgan fingerprint density at radius 1 is 1.09 bits per heavy atom. The molecule has 0 saturated carbocycles. The fourth-order valence-corrected chi connectivity index (χ4v) is 4.55. The summed E-state index contributed by atoms with van der Waals surface area (Å²) in [5.41, 5.74) is 2.01. The number of anilines is 1. The molecule has 0 aliphatic rings. The lowest BCUT2D eigenvalue weighted by atomic mass is 10.1. The maximum atomic E-state index is 13.5. The normalized spacial score (nSPS) is 12.2. The molecule has 0 radical (unpaired) electrons. The maximum absolute atomic E-state index is 13.5. The molecule has 2 amide bonds. The van der Waals surface area contributed by atoms with E-state index < -0.39 is 28.5 Å². The van der Waals surface area contributed by atoms with Gasteiger partial charge in [-0.2, -0.15) is 0 Å². The standard InChI is InChI=1S/C24H32ClN3O4S/c1-5-14-26-24(30)18(3)27(16-19-10-9-12-21(25)15-19)23(29)17-28(33(4,31)32)22-13-8-7-11-20(22)6-2/h7-13,15,18H,5-6,14,16-17H2,1-4H3,(H,26,30)/t18-/m1/s1. The molecule has 0 saturated heterocycles. The molecule has 2 aromatic rings. The van der Waals surface area contributed by atoms with Gasteiger partial charge in [0.1, 0.15) is 12.6 Å². The first-order valence-corrected chi connectivity index (χ1v) is 13.2. The van der Waals surface area contributed by atoms with Crippen LogP contribution in [0, 0.1) is 0 Å². The van der Waals surface area contributed by atoms with Crippen LogP contribution in [0.4, 0.5) is 5.69 Å². The van der Waals surface area contributed by atoms with Crippen molar-refractivity contribution < 1.29 is 18.0 Å². The molecular weight excluding hydrogens is 462 g/mol. The van der Waals surface area contributed by atoms with E-state index in [0.717, 1.165) is 28.1 Å². The van der Waals surface area contributed by atoms with Crippen LogP contribution in [0.5, 0.6) is 0 Å². The number of nitrogens with zero attached hydrogens (tertiary/aromatic N) is 2. The van der Waals surface area contributed by atoms with Crippen molar-refractivity contribution in [1.29, 1.82) is 0 Å². The topological polar surface area (TPSA) is 86.8 Å². The summed E-state index contributed by atoms with van der Waals surface area (Å²) in [6, 6.07) is 13.3. The summed E-state index contributed by atoms with van der Waals surface area (Å²) in [4.78, 5) is 27.6. The summed E-state index contributed by atoms with van der Waals surface area (Å²) in [6.07, 6.45) is 2.44. The van der Waals surface area contributed by atoms with Gasteiger partial charge in [-0.05, 0) is 49.1 Å². The summed E-state index contributed by atoms with van der Waals surface area (Å²) in [5.74, 6) is -0.780. The van der Waals surface area contributed by atoms with Crippen LogP contribution >= 0.6 is 11.6 Å². The smallest absolute Gasteiger partial charge is 0.244 e. The van der Waals surface area contributed by atoms with E-state index in [1.165, 1.54) is 4.90 Å². The Labute approximate surface area is 201 Å². The van der Waals surface area contributed by atoms with Crippen molar-refractivity contribution in [3.05, 3.63) is 64.7 Å². The number of benzene rings is 2. The number of halogens is 1. The van der Waals surface area contributed by atoms with Gasteiger partial charge in [0.15, 0.2) is 0 Å². The quantitative estimate of drug-likeness (QED) is 0.518. The van der Waals surface area contributed by atoms with Crippen LogP contribution in [0.1, 0.15) is 38.3 Å². The number of aryl methyl sites for hydroxylation is 1. The fourth-order valence-electron chi connectivity index (χ4n) is 3.46. The first kappa shape index (κ1) is 26.7. The molecule has 0 aliphatic heterocycles. The van der Waals surface area contributed by atoms with Gasteiger partial charge in [-0.25, -0.2) is 8.42 Å². The molecule has 0 fully saturated rings. The maximum Gasteiger partial charge on any atom is 0.244 e. The van der Waals surface area contributed by atoms with Crippen LogP contribution < -0.4 is 9.62 Å². The van der Waals surface area contributed by atoms with E-state index in [1.807, 2.05) is 32.0 Å². The van der Waals surface area contributed by atoms with Gasteiger partial charge >= 0.3 is 0 Å². The number of nitrogens with one attached hydrogen (secondary N) is 1. The molecule has 9 heteroatoms. The molecule has 33 heavy (non-hydrogen) atoms. The van der Waals surface area contributed by atoms with E-state index in [9.17, 15) is 18.0 Å². The number of hydrogen-bond acceptors (Lipinski definition) is 4. The monoisotopic (exact) mass is 493 g/mol. The minimum absolute atomic E-state index is 0.118. The van der Waals surface area contributed by atoms with Crippen LogP contribution in [0.3, 0.4) is 0 Å². The highest BCUT2D eigenvalue weighted by molar-refractivity contribution is 7.92. The molecular formula is C24H32ClN3O4S. The predicted molar refractivity (Wildman–Crippen MR) is 133 cm³/mol. The lowest BCUT2D eigenvalue weighted by Gasteiger charge is -2.32. The second-order valence-corrected chi connectivity index (χ2v) is 10.2. The van der Waals surface area contributed by atoms with E-state index in [1.54, 1.807) is 37.3 Å². The van der Waals surface area contributed by atoms with Gasteiger partial charge in [0.25, 0.3) is 0 Å². The van der Waals surface area contributed by atoms with E-state index in [2.05, 4.69) is 5.32 Å². The van der Waals surface area contributed by atoms with E-state index >= 15 is 0 Å². The van der Waals surface area contributed by atoms with Crippen molar-refractivity contribution in [2.75, 3.05) is 23.7 Å². The molecule has 1 atom stereocenters. The third kappa shape index (κ3) is 7.47. The van der Waals surface area contributed by atoms with Crippen molar-refractivity contribution >= 4 is 39.1 Å². The molecule has 1 N–H and O–H groups in total. The number of sulfonamides is 1. The summed E-state index contributed by atoms with van der Waals surface area (Å²) in [5, 5.41) is 3.32. The van der Waals surface area contributed by atoms with Crippen molar-refractivity contribution in [2.45, 2.75) is 46.2 Å². The number of carbonyl (C=O) groups excluding carboxylic acids is 2. The molecule has 0 spiro atoms. The molecule has 0 heterocycles. The Hall–Kier alpha value is -2.58. The van der Waals surface area contributed by atoms with Gasteiger partial charge in [-0.15, -0.1) is 0 Å². The Morgan fingerprint density at radius 3 is 2.39 bits per heavy atom. The van der Waals surface area contributed by atoms with Gasteiger partial charge in [0.05, 0.1) is 11.9 Å². The minimum atomic E-state index is -3.75. The Morgan fingerprint density at radius 2 is 1.79 bits per heavy atom. The van der Waals surface area contributed by atoms with Crippen molar-refractivity contribution in [3.63, 3.8) is 0 Å². The van der Waals surface area contributed by atoms with E-state index in [0.29, 0.717) is 23.7 Å². The van der Waals surface area contributed by atoms with Crippen LogP contribution in [0.15, 0.2) is 48.5 Å². The first-order valence-electron chi connectivity index (χ1n) is 11.0. The van der Waals surface area contributed by atoms with Crippen LogP contribution in [-0.2, 0) is 32.6 Å². The highest BCUT2D eigenvalue weighted by atomic mass is 35.5. The van der Waals surface area contributed by atoms with E-state index in [-0.39, 0.29) is 12.5 Å². The fraction of sp³-hybridized carbons (Fsp3) is 0.417. The summed E-state index contributed by atoms with van der Waals surface area (Å²) >= 11 is 6.11. The zero-order valence-corrected chi connectivity index (χ0v) is 21.1. The lowest BCUT2D eigenvalue weighted by Crippen LogP contribution is -2.51. The number of hydrogen-bond donors (Lipinski definition) is 1. The first-order chi connectivity index (χ1) is 15.6. The summed E-state index contributed by atoms with van der Waals surface area (Å²) < 4.78 is 26.4.